The number of carbonyl (C=O) groups is 1. The lowest BCUT2D eigenvalue weighted by atomic mass is 10.0. The maximum Gasteiger partial charge on any atom is 0.251 e. The topological polar surface area (TPSA) is 51.2 Å². The summed E-state index contributed by atoms with van der Waals surface area (Å²) >= 11 is 0. The second kappa shape index (κ2) is 7.15. The first-order valence-electron chi connectivity index (χ1n) is 8.54. The molecule has 1 unspecified atom stereocenters. The van der Waals surface area contributed by atoms with Crippen molar-refractivity contribution in [1.29, 1.82) is 0 Å². The van der Waals surface area contributed by atoms with E-state index in [0.717, 1.165) is 5.56 Å². The fourth-order valence-electron chi connectivity index (χ4n) is 3.13. The molecule has 6 heteroatoms. The summed E-state index contributed by atoms with van der Waals surface area (Å²) in [6, 6.07) is 13.6. The van der Waals surface area contributed by atoms with E-state index in [9.17, 15) is 13.6 Å². The fourth-order valence-corrected chi connectivity index (χ4v) is 3.13. The Balaban J connectivity index is 1.48. The minimum Gasteiger partial charge on any atom is -0.487 e. The van der Waals surface area contributed by atoms with E-state index in [-0.39, 0.29) is 24.4 Å². The van der Waals surface area contributed by atoms with Gasteiger partial charge in [-0.1, -0.05) is 6.07 Å². The lowest BCUT2D eigenvalue weighted by molar-refractivity contribution is 0.0933. The van der Waals surface area contributed by atoms with Gasteiger partial charge in [-0.05, 0) is 48.5 Å². The number of nitrogens with one attached hydrogen (secondary N) is 1. The molecule has 27 heavy (non-hydrogen) atoms. The highest BCUT2D eigenvalue weighted by atomic mass is 19.1. The zero-order valence-electron chi connectivity index (χ0n) is 14.3. The number of pyridine rings is 1. The Morgan fingerprint density at radius 3 is 2.67 bits per heavy atom. The summed E-state index contributed by atoms with van der Waals surface area (Å²) in [7, 11) is 0. The van der Waals surface area contributed by atoms with Crippen LogP contribution in [-0.4, -0.2) is 23.5 Å². The molecule has 0 saturated carbocycles. The predicted molar refractivity (Wildman–Crippen MR) is 96.5 cm³/mol. The van der Waals surface area contributed by atoms with Gasteiger partial charge in [0.1, 0.15) is 23.5 Å². The first kappa shape index (κ1) is 17.1. The Hall–Kier alpha value is -3.28. The van der Waals surface area contributed by atoms with Crippen LogP contribution in [0.15, 0.2) is 60.8 Å². The van der Waals surface area contributed by atoms with E-state index >= 15 is 0 Å². The third-order valence-electron chi connectivity index (χ3n) is 4.40. The number of nitrogens with zero attached hydrogens (tertiary/aromatic N) is 1. The molecule has 4 nitrogen and oxygen atoms in total. The number of hydrogen-bond donors (Lipinski definition) is 1. The minimum atomic E-state index is -0.398. The highest BCUT2D eigenvalue weighted by molar-refractivity contribution is 5.94. The van der Waals surface area contributed by atoms with Crippen molar-refractivity contribution in [3.8, 4) is 17.0 Å². The molecule has 0 bridgehead atoms. The molecule has 0 fully saturated rings. The van der Waals surface area contributed by atoms with E-state index in [2.05, 4.69) is 10.3 Å². The van der Waals surface area contributed by atoms with Gasteiger partial charge in [-0.15, -0.1) is 0 Å². The van der Waals surface area contributed by atoms with Crippen molar-refractivity contribution in [2.75, 3.05) is 6.54 Å². The van der Waals surface area contributed by atoms with Crippen molar-refractivity contribution in [3.63, 3.8) is 0 Å². The number of carbonyl (C=O) groups excluding carboxylic acids is 1. The minimum absolute atomic E-state index is 0.258. The summed E-state index contributed by atoms with van der Waals surface area (Å²) in [5.41, 5.74) is 2.34. The van der Waals surface area contributed by atoms with Gasteiger partial charge in [0.25, 0.3) is 5.91 Å². The molecule has 1 atom stereocenters. The molecule has 0 spiro atoms. The number of rotatable bonds is 4. The van der Waals surface area contributed by atoms with Gasteiger partial charge in [0.05, 0.1) is 12.2 Å². The standard InChI is InChI=1S/C21H16F2N2O2/c22-15-6-4-13(5-7-15)21(26)25-12-17-10-14-9-16(23)11-18(20(14)27-17)19-3-1-2-8-24-19/h1-9,11,17H,10,12H2,(H,25,26). The highest BCUT2D eigenvalue weighted by Crippen LogP contribution is 2.38. The van der Waals surface area contributed by atoms with Crippen molar-refractivity contribution in [1.82, 2.24) is 10.3 Å². The Labute approximate surface area is 154 Å². The van der Waals surface area contributed by atoms with Crippen LogP contribution in [0.25, 0.3) is 11.3 Å². The monoisotopic (exact) mass is 366 g/mol. The maximum absolute atomic E-state index is 14.0. The van der Waals surface area contributed by atoms with E-state index in [1.165, 1.54) is 36.4 Å². The van der Waals surface area contributed by atoms with Crippen LogP contribution < -0.4 is 10.1 Å². The van der Waals surface area contributed by atoms with Crippen LogP contribution in [0.1, 0.15) is 15.9 Å². The van der Waals surface area contributed by atoms with Gasteiger partial charge in [0.15, 0.2) is 0 Å². The van der Waals surface area contributed by atoms with Gasteiger partial charge in [0.2, 0.25) is 0 Å². The van der Waals surface area contributed by atoms with Crippen LogP contribution in [-0.2, 0) is 6.42 Å². The summed E-state index contributed by atoms with van der Waals surface area (Å²) in [4.78, 5) is 16.4. The number of amides is 1. The molecule has 2 heterocycles. The van der Waals surface area contributed by atoms with E-state index in [1.54, 1.807) is 18.3 Å². The van der Waals surface area contributed by atoms with Gasteiger partial charge in [-0.3, -0.25) is 9.78 Å². The number of fused-ring (bicyclic) bond motifs is 1. The molecule has 0 radical (unpaired) electrons. The second-order valence-corrected chi connectivity index (χ2v) is 6.32. The quantitative estimate of drug-likeness (QED) is 0.765. The molecule has 4 rings (SSSR count). The lowest BCUT2D eigenvalue weighted by Crippen LogP contribution is -2.34. The normalized spacial score (nSPS) is 15.1. The largest absolute Gasteiger partial charge is 0.487 e. The predicted octanol–water partition coefficient (Wildman–Crippen LogP) is 3.76. The van der Waals surface area contributed by atoms with Crippen LogP contribution >= 0.6 is 0 Å². The number of halogens is 2. The SMILES string of the molecule is O=C(NCC1Cc2cc(F)cc(-c3ccccn3)c2O1)c1ccc(F)cc1. The average molecular weight is 366 g/mol. The first-order valence-corrected chi connectivity index (χ1v) is 8.54. The molecule has 1 aliphatic heterocycles. The summed E-state index contributed by atoms with van der Waals surface area (Å²) in [6.07, 6.45) is 1.81. The second-order valence-electron chi connectivity index (χ2n) is 6.32. The molecule has 1 N–H and O–H groups in total. The smallest absolute Gasteiger partial charge is 0.251 e. The molecule has 136 valence electrons. The molecular weight excluding hydrogens is 350 g/mol. The Kier molecular flexibility index (Phi) is 4.54. The molecule has 1 amide bonds. The number of benzene rings is 2. The van der Waals surface area contributed by atoms with E-state index < -0.39 is 5.82 Å². The number of ether oxygens (including phenoxy) is 1. The summed E-state index contributed by atoms with van der Waals surface area (Å²) in [5, 5.41) is 2.77. The molecule has 1 aliphatic rings. The highest BCUT2D eigenvalue weighted by Gasteiger charge is 2.27. The van der Waals surface area contributed by atoms with E-state index in [1.807, 2.05) is 6.07 Å². The van der Waals surface area contributed by atoms with Crippen LogP contribution in [0, 0.1) is 11.6 Å². The van der Waals surface area contributed by atoms with Gasteiger partial charge < -0.3 is 10.1 Å². The maximum atomic E-state index is 14.0. The first-order chi connectivity index (χ1) is 13.1. The third kappa shape index (κ3) is 3.65. The van der Waals surface area contributed by atoms with Gasteiger partial charge in [-0.2, -0.15) is 0 Å². The molecule has 0 aliphatic carbocycles. The van der Waals surface area contributed by atoms with Crippen molar-refractivity contribution < 1.29 is 18.3 Å². The van der Waals surface area contributed by atoms with Crippen molar-refractivity contribution >= 4 is 5.91 Å². The lowest BCUT2D eigenvalue weighted by Gasteiger charge is -2.13. The molecule has 1 aromatic heterocycles. The molecule has 3 aromatic rings. The van der Waals surface area contributed by atoms with Crippen molar-refractivity contribution in [2.45, 2.75) is 12.5 Å². The van der Waals surface area contributed by atoms with E-state index in [0.29, 0.717) is 29.0 Å². The summed E-state index contributed by atoms with van der Waals surface area (Å²) in [6.45, 7) is 0.258. The summed E-state index contributed by atoms with van der Waals surface area (Å²) in [5.74, 6) is -0.471. The van der Waals surface area contributed by atoms with Gasteiger partial charge in [0, 0.05) is 29.3 Å². The zero-order valence-corrected chi connectivity index (χ0v) is 14.3. The summed E-state index contributed by atoms with van der Waals surface area (Å²) < 4.78 is 32.9. The fraction of sp³-hybridized carbons (Fsp3) is 0.143. The van der Waals surface area contributed by atoms with E-state index in [4.69, 9.17) is 4.74 Å². The molecular formula is C21H16F2N2O2. The number of aromatic nitrogens is 1. The number of hydrogen-bond acceptors (Lipinski definition) is 3. The van der Waals surface area contributed by atoms with Gasteiger partial charge in [-0.25, -0.2) is 8.78 Å². The van der Waals surface area contributed by atoms with Crippen LogP contribution in [0.3, 0.4) is 0 Å². The van der Waals surface area contributed by atoms with Gasteiger partial charge >= 0.3 is 0 Å². The van der Waals surface area contributed by atoms with Crippen molar-refractivity contribution in [2.24, 2.45) is 0 Å². The van der Waals surface area contributed by atoms with Crippen LogP contribution in [0.4, 0.5) is 8.78 Å². The Morgan fingerprint density at radius 2 is 1.93 bits per heavy atom. The molecule has 0 saturated heterocycles. The van der Waals surface area contributed by atoms with Crippen LogP contribution in [0.2, 0.25) is 0 Å². The molecule has 2 aromatic carbocycles. The van der Waals surface area contributed by atoms with Crippen LogP contribution in [0.5, 0.6) is 5.75 Å². The Morgan fingerprint density at radius 1 is 1.11 bits per heavy atom. The zero-order chi connectivity index (χ0) is 18.8. The van der Waals surface area contributed by atoms with Crippen molar-refractivity contribution in [3.05, 3.63) is 83.6 Å². The Bertz CT molecular complexity index is 975. The third-order valence-corrected chi connectivity index (χ3v) is 4.40. The average Bonchev–Trinajstić information content (AvgIpc) is 3.09.